The van der Waals surface area contributed by atoms with Gasteiger partial charge >= 0.3 is 0 Å². The molecule has 86 valence electrons. The predicted molar refractivity (Wildman–Crippen MR) is 68.5 cm³/mol. The molecular formula is C13H13N3O. The van der Waals surface area contributed by atoms with Crippen LogP contribution in [0.2, 0.25) is 0 Å². The summed E-state index contributed by atoms with van der Waals surface area (Å²) in [5.74, 6) is -0.101. The summed E-state index contributed by atoms with van der Waals surface area (Å²) >= 11 is 0. The van der Waals surface area contributed by atoms with E-state index in [1.807, 2.05) is 12.1 Å². The van der Waals surface area contributed by atoms with Gasteiger partial charge in [-0.2, -0.15) is 0 Å². The number of benzene rings is 1. The van der Waals surface area contributed by atoms with Crippen LogP contribution in [0.1, 0.15) is 12.0 Å². The molecule has 4 nitrogen and oxygen atoms in total. The van der Waals surface area contributed by atoms with E-state index in [1.165, 1.54) is 12.2 Å². The predicted octanol–water partition coefficient (Wildman–Crippen LogP) is 1.76. The Morgan fingerprint density at radius 1 is 1.24 bits per heavy atom. The lowest BCUT2D eigenvalue weighted by Crippen LogP contribution is -2.20. The number of nitrogens with zero attached hydrogens (tertiary/aromatic N) is 1. The van der Waals surface area contributed by atoms with Crippen molar-refractivity contribution in [2.75, 3.05) is 5.73 Å². The number of nitrogen functional groups attached to an aromatic ring is 1. The van der Waals surface area contributed by atoms with Crippen molar-refractivity contribution in [1.82, 2.24) is 0 Å². The molecule has 0 atom stereocenters. The summed E-state index contributed by atoms with van der Waals surface area (Å²) in [6, 6.07) is 7.38. The zero-order valence-corrected chi connectivity index (χ0v) is 9.31. The maximum atomic E-state index is 11.5. The number of rotatable bonds is 2. The number of allylic oxidation sites excluding steroid dienone is 2. The Balaban J connectivity index is 2.10. The van der Waals surface area contributed by atoms with Gasteiger partial charge in [-0.1, -0.05) is 12.1 Å². The third kappa shape index (κ3) is 2.87. The van der Waals surface area contributed by atoms with Crippen LogP contribution in [0.4, 0.5) is 5.69 Å². The van der Waals surface area contributed by atoms with Crippen LogP contribution < -0.4 is 5.73 Å². The fourth-order valence-electron chi connectivity index (χ4n) is 1.54. The number of aliphatic imine (C=N–C) groups is 1. The number of hydrogen-bond acceptors (Lipinski definition) is 4. The second kappa shape index (κ2) is 4.74. The van der Waals surface area contributed by atoms with Crippen LogP contribution in [0.15, 0.2) is 41.4 Å². The van der Waals surface area contributed by atoms with Gasteiger partial charge in [0.25, 0.3) is 0 Å². The SMILES string of the molecule is N=C1C=CC(=O)C(=NCc2ccc(N)cc2)C1. The van der Waals surface area contributed by atoms with Crippen molar-refractivity contribution in [2.45, 2.75) is 13.0 Å². The van der Waals surface area contributed by atoms with E-state index in [1.54, 1.807) is 12.1 Å². The Morgan fingerprint density at radius 3 is 2.65 bits per heavy atom. The summed E-state index contributed by atoms with van der Waals surface area (Å²) in [6.45, 7) is 0.447. The number of carbonyl (C=O) groups excluding carboxylic acids is 1. The van der Waals surface area contributed by atoms with E-state index in [-0.39, 0.29) is 5.78 Å². The van der Waals surface area contributed by atoms with Crippen molar-refractivity contribution in [2.24, 2.45) is 4.99 Å². The first kappa shape index (κ1) is 11.3. The normalized spacial score (nSPS) is 17.8. The summed E-state index contributed by atoms with van der Waals surface area (Å²) in [5.41, 5.74) is 8.16. The van der Waals surface area contributed by atoms with Gasteiger partial charge in [0, 0.05) is 17.8 Å². The molecule has 1 aromatic rings. The fraction of sp³-hybridized carbons (Fsp3) is 0.154. The van der Waals surface area contributed by atoms with E-state index in [0.29, 0.717) is 30.1 Å². The van der Waals surface area contributed by atoms with Gasteiger partial charge < -0.3 is 11.1 Å². The summed E-state index contributed by atoms with van der Waals surface area (Å²) in [5, 5.41) is 7.48. The zero-order valence-electron chi connectivity index (χ0n) is 9.31. The number of hydrogen-bond donors (Lipinski definition) is 2. The molecule has 0 heterocycles. The van der Waals surface area contributed by atoms with Gasteiger partial charge in [0.2, 0.25) is 0 Å². The first-order valence-electron chi connectivity index (χ1n) is 5.33. The monoisotopic (exact) mass is 227 g/mol. The standard InChI is InChI=1S/C13H13N3O/c14-10-3-1-9(2-4-10)8-16-12-7-11(15)5-6-13(12)17/h1-6,15H,7-8,14H2. The lowest BCUT2D eigenvalue weighted by molar-refractivity contribution is -0.109. The minimum absolute atomic E-state index is 0.101. The average Bonchev–Trinajstić information content (AvgIpc) is 2.32. The average molecular weight is 227 g/mol. The molecule has 17 heavy (non-hydrogen) atoms. The first-order chi connectivity index (χ1) is 8.15. The molecule has 0 saturated heterocycles. The van der Waals surface area contributed by atoms with E-state index in [9.17, 15) is 4.79 Å². The molecule has 0 fully saturated rings. The molecule has 1 aromatic carbocycles. The van der Waals surface area contributed by atoms with Crippen molar-refractivity contribution < 1.29 is 4.79 Å². The van der Waals surface area contributed by atoms with E-state index < -0.39 is 0 Å². The lowest BCUT2D eigenvalue weighted by Gasteiger charge is -2.07. The van der Waals surface area contributed by atoms with E-state index in [0.717, 1.165) is 5.56 Å². The highest BCUT2D eigenvalue weighted by molar-refractivity contribution is 6.49. The van der Waals surface area contributed by atoms with Gasteiger partial charge in [0.05, 0.1) is 12.3 Å². The zero-order chi connectivity index (χ0) is 12.3. The summed E-state index contributed by atoms with van der Waals surface area (Å²) < 4.78 is 0. The van der Waals surface area contributed by atoms with E-state index >= 15 is 0 Å². The smallest absolute Gasteiger partial charge is 0.200 e. The molecule has 0 aliphatic heterocycles. The molecule has 0 spiro atoms. The second-order valence-electron chi connectivity index (χ2n) is 3.90. The van der Waals surface area contributed by atoms with Crippen LogP contribution in [0.5, 0.6) is 0 Å². The molecule has 3 N–H and O–H groups in total. The quantitative estimate of drug-likeness (QED) is 0.755. The highest BCUT2D eigenvalue weighted by atomic mass is 16.1. The van der Waals surface area contributed by atoms with Gasteiger partial charge in [-0.15, -0.1) is 0 Å². The van der Waals surface area contributed by atoms with Crippen LogP contribution >= 0.6 is 0 Å². The van der Waals surface area contributed by atoms with Crippen LogP contribution in [-0.4, -0.2) is 17.2 Å². The number of nitrogens with one attached hydrogen (secondary N) is 1. The molecule has 0 amide bonds. The lowest BCUT2D eigenvalue weighted by atomic mass is 10.0. The molecule has 2 rings (SSSR count). The van der Waals surface area contributed by atoms with Gasteiger partial charge in [0.15, 0.2) is 5.78 Å². The van der Waals surface area contributed by atoms with Gasteiger partial charge in [-0.25, -0.2) is 0 Å². The molecule has 0 unspecified atom stereocenters. The number of nitrogens with two attached hydrogens (primary N) is 1. The summed E-state index contributed by atoms with van der Waals surface area (Å²) in [6.07, 6.45) is 3.24. The first-order valence-corrected chi connectivity index (χ1v) is 5.33. The third-order valence-electron chi connectivity index (χ3n) is 2.51. The topological polar surface area (TPSA) is 79.3 Å². The fourth-order valence-corrected chi connectivity index (χ4v) is 1.54. The molecule has 0 saturated carbocycles. The molecule has 0 radical (unpaired) electrons. The molecule has 4 heteroatoms. The molecule has 0 bridgehead atoms. The van der Waals surface area contributed by atoms with Crippen molar-refractivity contribution in [3.63, 3.8) is 0 Å². The van der Waals surface area contributed by atoms with Gasteiger partial charge in [-0.3, -0.25) is 9.79 Å². The Labute approximate surface area is 99.4 Å². The third-order valence-corrected chi connectivity index (χ3v) is 2.51. The molecule has 0 aromatic heterocycles. The highest BCUT2D eigenvalue weighted by Crippen LogP contribution is 2.08. The van der Waals surface area contributed by atoms with Crippen molar-refractivity contribution in [1.29, 1.82) is 5.41 Å². The maximum Gasteiger partial charge on any atom is 0.200 e. The van der Waals surface area contributed by atoms with Crippen LogP contribution in [-0.2, 0) is 11.3 Å². The Kier molecular flexibility index (Phi) is 3.14. The highest BCUT2D eigenvalue weighted by Gasteiger charge is 2.14. The summed E-state index contributed by atoms with van der Waals surface area (Å²) in [4.78, 5) is 15.7. The second-order valence-corrected chi connectivity index (χ2v) is 3.90. The Morgan fingerprint density at radius 2 is 1.94 bits per heavy atom. The largest absolute Gasteiger partial charge is 0.399 e. The van der Waals surface area contributed by atoms with Crippen LogP contribution in [0.25, 0.3) is 0 Å². The molecule has 1 aliphatic rings. The van der Waals surface area contributed by atoms with E-state index in [2.05, 4.69) is 4.99 Å². The van der Waals surface area contributed by atoms with Crippen LogP contribution in [0.3, 0.4) is 0 Å². The maximum absolute atomic E-state index is 11.5. The molecule has 1 aliphatic carbocycles. The van der Waals surface area contributed by atoms with E-state index in [4.69, 9.17) is 11.1 Å². The Bertz CT molecular complexity index is 512. The van der Waals surface area contributed by atoms with Gasteiger partial charge in [0.1, 0.15) is 0 Å². The number of anilines is 1. The van der Waals surface area contributed by atoms with Crippen molar-refractivity contribution in [3.8, 4) is 0 Å². The Hall–Kier alpha value is -2.23. The number of carbonyl (C=O) groups is 1. The van der Waals surface area contributed by atoms with Crippen molar-refractivity contribution >= 4 is 22.9 Å². The van der Waals surface area contributed by atoms with Crippen molar-refractivity contribution in [3.05, 3.63) is 42.0 Å². The number of ketones is 1. The minimum Gasteiger partial charge on any atom is -0.399 e. The summed E-state index contributed by atoms with van der Waals surface area (Å²) in [7, 11) is 0. The molecular weight excluding hydrogens is 214 g/mol. The van der Waals surface area contributed by atoms with Gasteiger partial charge in [-0.05, 0) is 29.8 Å². The van der Waals surface area contributed by atoms with Crippen LogP contribution in [0, 0.1) is 5.41 Å². The minimum atomic E-state index is -0.101.